The summed E-state index contributed by atoms with van der Waals surface area (Å²) < 4.78 is 0. The summed E-state index contributed by atoms with van der Waals surface area (Å²) in [6.45, 7) is 9.38. The van der Waals surface area contributed by atoms with Gasteiger partial charge in [-0.3, -0.25) is 0 Å². The summed E-state index contributed by atoms with van der Waals surface area (Å²) >= 11 is 0. The predicted octanol–water partition coefficient (Wildman–Crippen LogP) is 4.58. The topological polar surface area (TPSA) is 0 Å². The van der Waals surface area contributed by atoms with Gasteiger partial charge in [0.1, 0.15) is 0 Å². The van der Waals surface area contributed by atoms with Crippen LogP contribution >= 0.6 is 0 Å². The lowest BCUT2D eigenvalue weighted by atomic mass is 9.82. The zero-order valence-electron chi connectivity index (χ0n) is 10.6. The molecule has 84 valence electrons. The zero-order valence-corrected chi connectivity index (χ0v) is 10.6. The van der Waals surface area contributed by atoms with Crippen molar-refractivity contribution in [1.82, 2.24) is 0 Å². The van der Waals surface area contributed by atoms with E-state index in [1.807, 2.05) is 0 Å². The van der Waals surface area contributed by atoms with Gasteiger partial charge in [0.05, 0.1) is 0 Å². The molecule has 0 amide bonds. The molecule has 0 aromatic rings. The fourth-order valence-electron chi connectivity index (χ4n) is 3.27. The quantitative estimate of drug-likeness (QED) is 0.590. The Labute approximate surface area is 94.5 Å². The van der Waals surface area contributed by atoms with E-state index in [0.29, 0.717) is 0 Å². The molecule has 0 spiro atoms. The fraction of sp³-hybridized carbons (Fsp3) is 0.733. The molecule has 0 saturated heterocycles. The van der Waals surface area contributed by atoms with E-state index in [-0.39, 0.29) is 0 Å². The molecule has 15 heavy (non-hydrogen) atoms. The summed E-state index contributed by atoms with van der Waals surface area (Å²) in [4.78, 5) is 0. The number of hydrogen-bond acceptors (Lipinski definition) is 0. The SMILES string of the molecule is CCC(C)C(C)=C(C)C1CC2C=CC1C2. The van der Waals surface area contributed by atoms with Crippen molar-refractivity contribution in [1.29, 1.82) is 0 Å². The van der Waals surface area contributed by atoms with Gasteiger partial charge in [0.25, 0.3) is 0 Å². The Balaban J connectivity index is 2.14. The highest BCUT2D eigenvalue weighted by molar-refractivity contribution is 5.23. The molecule has 0 radical (unpaired) electrons. The zero-order chi connectivity index (χ0) is 11.0. The van der Waals surface area contributed by atoms with Gasteiger partial charge in [0, 0.05) is 0 Å². The molecule has 0 aliphatic heterocycles. The van der Waals surface area contributed by atoms with Crippen molar-refractivity contribution in [3.8, 4) is 0 Å². The highest BCUT2D eigenvalue weighted by Gasteiger charge is 2.36. The number of rotatable bonds is 3. The molecule has 0 aromatic carbocycles. The van der Waals surface area contributed by atoms with E-state index in [1.165, 1.54) is 19.3 Å². The molecule has 2 aliphatic rings. The van der Waals surface area contributed by atoms with E-state index < -0.39 is 0 Å². The molecule has 4 unspecified atom stereocenters. The second kappa shape index (κ2) is 4.15. The van der Waals surface area contributed by atoms with Gasteiger partial charge in [-0.25, -0.2) is 0 Å². The lowest BCUT2D eigenvalue weighted by Crippen LogP contribution is -2.11. The minimum atomic E-state index is 0.771. The van der Waals surface area contributed by atoms with Gasteiger partial charge < -0.3 is 0 Å². The van der Waals surface area contributed by atoms with Crippen LogP contribution in [0.4, 0.5) is 0 Å². The van der Waals surface area contributed by atoms with Crippen LogP contribution in [-0.2, 0) is 0 Å². The van der Waals surface area contributed by atoms with Crippen molar-refractivity contribution in [2.75, 3.05) is 0 Å². The van der Waals surface area contributed by atoms with E-state index in [4.69, 9.17) is 0 Å². The van der Waals surface area contributed by atoms with E-state index >= 15 is 0 Å². The van der Waals surface area contributed by atoms with Gasteiger partial charge >= 0.3 is 0 Å². The third-order valence-corrected chi connectivity index (χ3v) is 4.81. The minimum Gasteiger partial charge on any atom is -0.0851 e. The van der Waals surface area contributed by atoms with E-state index in [2.05, 4.69) is 39.8 Å². The van der Waals surface area contributed by atoms with Crippen LogP contribution in [0.5, 0.6) is 0 Å². The Kier molecular flexibility index (Phi) is 3.04. The van der Waals surface area contributed by atoms with Crippen LogP contribution in [-0.4, -0.2) is 0 Å². The van der Waals surface area contributed by atoms with Crippen LogP contribution in [0.3, 0.4) is 0 Å². The maximum Gasteiger partial charge on any atom is -0.0135 e. The van der Waals surface area contributed by atoms with Crippen LogP contribution in [0.1, 0.15) is 47.0 Å². The molecule has 0 N–H and O–H groups in total. The highest BCUT2D eigenvalue weighted by atomic mass is 14.4. The Morgan fingerprint density at radius 1 is 1.27 bits per heavy atom. The molecule has 1 fully saturated rings. The van der Waals surface area contributed by atoms with Crippen molar-refractivity contribution in [3.63, 3.8) is 0 Å². The van der Waals surface area contributed by atoms with Gasteiger partial charge in [-0.15, -0.1) is 0 Å². The fourth-order valence-corrected chi connectivity index (χ4v) is 3.27. The van der Waals surface area contributed by atoms with Crippen LogP contribution in [0.25, 0.3) is 0 Å². The van der Waals surface area contributed by atoms with E-state index in [9.17, 15) is 0 Å². The standard InChI is InChI=1S/C15H24/c1-5-10(2)11(3)12(4)15-9-13-6-7-14(15)8-13/h6-7,10,13-15H,5,8-9H2,1-4H3. The molecule has 0 nitrogen and oxygen atoms in total. The average Bonchev–Trinajstić information content (AvgIpc) is 2.87. The van der Waals surface area contributed by atoms with Crippen molar-refractivity contribution < 1.29 is 0 Å². The number of fused-ring (bicyclic) bond motifs is 2. The van der Waals surface area contributed by atoms with Gasteiger partial charge in [0.2, 0.25) is 0 Å². The van der Waals surface area contributed by atoms with Crippen molar-refractivity contribution in [3.05, 3.63) is 23.3 Å². The van der Waals surface area contributed by atoms with Crippen LogP contribution in [0.2, 0.25) is 0 Å². The lowest BCUT2D eigenvalue weighted by molar-refractivity contribution is 0.502. The Bertz CT molecular complexity index is 295. The summed E-state index contributed by atoms with van der Waals surface area (Å²) in [5.41, 5.74) is 3.35. The Morgan fingerprint density at radius 3 is 2.47 bits per heavy atom. The average molecular weight is 204 g/mol. The molecule has 2 bridgehead atoms. The van der Waals surface area contributed by atoms with Crippen LogP contribution < -0.4 is 0 Å². The first kappa shape index (κ1) is 11.0. The number of allylic oxidation sites excluding steroid dienone is 4. The molecule has 0 heteroatoms. The summed E-state index contributed by atoms with van der Waals surface area (Å²) in [6, 6.07) is 0. The first-order valence-electron chi connectivity index (χ1n) is 6.49. The Hall–Kier alpha value is -0.520. The van der Waals surface area contributed by atoms with E-state index in [0.717, 1.165) is 23.7 Å². The molecule has 2 aliphatic carbocycles. The molecular weight excluding hydrogens is 180 g/mol. The van der Waals surface area contributed by atoms with Crippen LogP contribution in [0.15, 0.2) is 23.3 Å². The van der Waals surface area contributed by atoms with Crippen molar-refractivity contribution in [2.24, 2.45) is 23.7 Å². The summed E-state index contributed by atoms with van der Waals surface area (Å²) in [5.74, 6) is 3.41. The third kappa shape index (κ3) is 1.91. The third-order valence-electron chi connectivity index (χ3n) is 4.81. The normalized spacial score (nSPS) is 36.9. The van der Waals surface area contributed by atoms with E-state index in [1.54, 1.807) is 11.1 Å². The molecule has 2 rings (SSSR count). The molecule has 0 heterocycles. The first-order chi connectivity index (χ1) is 7.13. The highest BCUT2D eigenvalue weighted by Crippen LogP contribution is 2.47. The maximum absolute atomic E-state index is 2.46. The second-order valence-corrected chi connectivity index (χ2v) is 5.56. The number of hydrogen-bond donors (Lipinski definition) is 0. The monoisotopic (exact) mass is 204 g/mol. The van der Waals surface area contributed by atoms with Crippen molar-refractivity contribution >= 4 is 0 Å². The summed E-state index contributed by atoms with van der Waals surface area (Å²) in [7, 11) is 0. The van der Waals surface area contributed by atoms with Gasteiger partial charge in [0.15, 0.2) is 0 Å². The lowest BCUT2D eigenvalue weighted by Gasteiger charge is -2.23. The van der Waals surface area contributed by atoms with Gasteiger partial charge in [-0.2, -0.15) is 0 Å². The maximum atomic E-state index is 2.46. The second-order valence-electron chi connectivity index (χ2n) is 5.56. The predicted molar refractivity (Wildman–Crippen MR) is 66.7 cm³/mol. The molecule has 0 aromatic heterocycles. The van der Waals surface area contributed by atoms with Gasteiger partial charge in [-0.1, -0.05) is 37.1 Å². The van der Waals surface area contributed by atoms with Crippen LogP contribution in [0, 0.1) is 23.7 Å². The summed E-state index contributed by atoms with van der Waals surface area (Å²) in [6.07, 6.45) is 9.02. The minimum absolute atomic E-state index is 0.771. The summed E-state index contributed by atoms with van der Waals surface area (Å²) in [5, 5.41) is 0. The molecular formula is C15H24. The molecule has 1 saturated carbocycles. The largest absolute Gasteiger partial charge is 0.0851 e. The first-order valence-corrected chi connectivity index (χ1v) is 6.49. The molecule has 4 atom stereocenters. The Morgan fingerprint density at radius 2 is 2.00 bits per heavy atom. The van der Waals surface area contributed by atoms with Crippen molar-refractivity contribution in [2.45, 2.75) is 47.0 Å². The van der Waals surface area contributed by atoms with Gasteiger partial charge in [-0.05, 0) is 56.8 Å². The smallest absolute Gasteiger partial charge is 0.0135 e.